The molecule has 2 N–H and O–H groups in total. The van der Waals surface area contributed by atoms with Gasteiger partial charge in [0.05, 0.1) is 0 Å². The summed E-state index contributed by atoms with van der Waals surface area (Å²) >= 11 is 0. The third-order valence-electron chi connectivity index (χ3n) is 8.33. The number of ether oxygens (including phenoxy) is 1. The molecule has 182 valence electrons. The maximum absolute atomic E-state index is 12.6. The summed E-state index contributed by atoms with van der Waals surface area (Å²) in [4.78, 5) is 24.0. The van der Waals surface area contributed by atoms with E-state index in [1.54, 1.807) is 18.2 Å². The lowest BCUT2D eigenvalue weighted by Gasteiger charge is -2.55. The molecule has 0 aliphatic heterocycles. The number of amides is 1. The summed E-state index contributed by atoms with van der Waals surface area (Å²) in [6.07, 6.45) is 5.65. The minimum absolute atomic E-state index is 0.00996. The highest BCUT2D eigenvalue weighted by molar-refractivity contribution is 5.91. The SMILES string of the molecule is CC(C)c1ccc2c(c1)CCC1C(C)(CNC(=O)COc3ccccc3C(=O)O)CCCC21C. The van der Waals surface area contributed by atoms with Gasteiger partial charge in [-0.05, 0) is 77.2 Å². The monoisotopic (exact) mass is 463 g/mol. The van der Waals surface area contributed by atoms with Crippen molar-refractivity contribution in [1.82, 2.24) is 5.32 Å². The fourth-order valence-electron chi connectivity index (χ4n) is 6.48. The second-order valence-electron chi connectivity index (χ2n) is 11.0. The van der Waals surface area contributed by atoms with Crippen LogP contribution in [-0.2, 0) is 16.6 Å². The quantitative estimate of drug-likeness (QED) is 0.551. The molecule has 2 aliphatic carbocycles. The van der Waals surface area contributed by atoms with Gasteiger partial charge in [-0.3, -0.25) is 4.79 Å². The van der Waals surface area contributed by atoms with E-state index in [2.05, 4.69) is 51.2 Å². The van der Waals surface area contributed by atoms with Crippen molar-refractivity contribution in [1.29, 1.82) is 0 Å². The van der Waals surface area contributed by atoms with Crippen LogP contribution in [-0.4, -0.2) is 30.1 Å². The number of hydrogen-bond acceptors (Lipinski definition) is 3. The van der Waals surface area contributed by atoms with Crippen molar-refractivity contribution in [2.24, 2.45) is 11.3 Å². The number of hydrogen-bond donors (Lipinski definition) is 2. The summed E-state index contributed by atoms with van der Waals surface area (Å²) in [5, 5.41) is 12.4. The van der Waals surface area contributed by atoms with Crippen LogP contribution < -0.4 is 10.1 Å². The number of para-hydroxylation sites is 1. The fourth-order valence-corrected chi connectivity index (χ4v) is 6.48. The molecule has 0 radical (unpaired) electrons. The minimum atomic E-state index is -1.07. The summed E-state index contributed by atoms with van der Waals surface area (Å²) in [5.74, 6) is -0.0340. The summed E-state index contributed by atoms with van der Waals surface area (Å²) in [7, 11) is 0. The molecule has 3 atom stereocenters. The van der Waals surface area contributed by atoms with Crippen LogP contribution >= 0.6 is 0 Å². The molecule has 0 heterocycles. The van der Waals surface area contributed by atoms with Gasteiger partial charge in [-0.15, -0.1) is 0 Å². The highest BCUT2D eigenvalue weighted by Gasteiger charge is 2.51. The van der Waals surface area contributed by atoms with E-state index in [9.17, 15) is 14.7 Å². The lowest BCUT2D eigenvalue weighted by Crippen LogP contribution is -2.53. The topological polar surface area (TPSA) is 75.6 Å². The van der Waals surface area contributed by atoms with Gasteiger partial charge in [0.15, 0.2) is 6.61 Å². The first kappa shape index (κ1) is 24.3. The van der Waals surface area contributed by atoms with Crippen molar-refractivity contribution in [3.05, 3.63) is 64.7 Å². The summed E-state index contributed by atoms with van der Waals surface area (Å²) in [6, 6.07) is 13.5. The lowest BCUT2D eigenvalue weighted by molar-refractivity contribution is -0.124. The molecule has 0 spiro atoms. The van der Waals surface area contributed by atoms with E-state index >= 15 is 0 Å². The zero-order valence-electron chi connectivity index (χ0n) is 20.8. The maximum atomic E-state index is 12.6. The molecule has 0 saturated heterocycles. The summed E-state index contributed by atoms with van der Waals surface area (Å²) in [5.41, 5.74) is 4.61. The van der Waals surface area contributed by atoms with Crippen molar-refractivity contribution >= 4 is 11.9 Å². The highest BCUT2D eigenvalue weighted by Crippen LogP contribution is 2.57. The number of carboxylic acid groups (broad SMARTS) is 1. The molecule has 1 fully saturated rings. The Hall–Kier alpha value is -2.82. The summed E-state index contributed by atoms with van der Waals surface area (Å²) < 4.78 is 5.54. The van der Waals surface area contributed by atoms with E-state index in [4.69, 9.17) is 4.74 Å². The average molecular weight is 464 g/mol. The Morgan fingerprint density at radius 2 is 1.91 bits per heavy atom. The zero-order valence-corrected chi connectivity index (χ0v) is 20.8. The molecule has 1 saturated carbocycles. The van der Waals surface area contributed by atoms with Crippen LogP contribution in [0.15, 0.2) is 42.5 Å². The lowest BCUT2D eigenvalue weighted by atomic mass is 9.49. The number of carbonyl (C=O) groups excluding carboxylic acids is 1. The Morgan fingerprint density at radius 3 is 2.65 bits per heavy atom. The van der Waals surface area contributed by atoms with Gasteiger partial charge in [-0.2, -0.15) is 0 Å². The predicted octanol–water partition coefficient (Wildman–Crippen LogP) is 5.71. The van der Waals surface area contributed by atoms with Crippen molar-refractivity contribution < 1.29 is 19.4 Å². The number of nitrogens with one attached hydrogen (secondary N) is 1. The Labute approximate surface area is 202 Å². The highest BCUT2D eigenvalue weighted by atomic mass is 16.5. The van der Waals surface area contributed by atoms with Crippen LogP contribution in [0.25, 0.3) is 0 Å². The van der Waals surface area contributed by atoms with Gasteiger partial charge in [-0.1, -0.05) is 64.4 Å². The molecule has 1 amide bonds. The van der Waals surface area contributed by atoms with Crippen molar-refractivity contribution in [3.63, 3.8) is 0 Å². The van der Waals surface area contributed by atoms with Crippen molar-refractivity contribution in [2.45, 2.75) is 71.1 Å². The van der Waals surface area contributed by atoms with Crippen LogP contribution in [0.4, 0.5) is 0 Å². The number of benzene rings is 2. The molecule has 4 rings (SSSR count). The van der Waals surface area contributed by atoms with Crippen molar-refractivity contribution in [3.8, 4) is 5.75 Å². The molecular weight excluding hydrogens is 426 g/mol. The molecule has 2 aliphatic rings. The van der Waals surface area contributed by atoms with E-state index in [1.165, 1.54) is 29.2 Å². The van der Waals surface area contributed by atoms with E-state index in [0.717, 1.165) is 25.7 Å². The smallest absolute Gasteiger partial charge is 0.339 e. The molecular formula is C29H37NO4. The van der Waals surface area contributed by atoms with Gasteiger partial charge in [0.1, 0.15) is 11.3 Å². The van der Waals surface area contributed by atoms with Crippen LogP contribution in [0, 0.1) is 11.3 Å². The van der Waals surface area contributed by atoms with Gasteiger partial charge in [0.2, 0.25) is 0 Å². The van der Waals surface area contributed by atoms with Gasteiger partial charge in [-0.25, -0.2) is 4.79 Å². The second kappa shape index (κ2) is 9.44. The fraction of sp³-hybridized carbons (Fsp3) is 0.517. The van der Waals surface area contributed by atoms with Gasteiger partial charge < -0.3 is 15.2 Å². The Kier molecular flexibility index (Phi) is 6.75. The van der Waals surface area contributed by atoms with Gasteiger partial charge in [0, 0.05) is 6.54 Å². The van der Waals surface area contributed by atoms with E-state index in [1.807, 2.05) is 0 Å². The molecule has 2 aromatic rings. The first-order valence-corrected chi connectivity index (χ1v) is 12.5. The van der Waals surface area contributed by atoms with Crippen molar-refractivity contribution in [2.75, 3.05) is 13.2 Å². The number of carbonyl (C=O) groups is 2. The molecule has 34 heavy (non-hydrogen) atoms. The van der Waals surface area contributed by atoms with Crippen LogP contribution in [0.5, 0.6) is 5.75 Å². The summed E-state index contributed by atoms with van der Waals surface area (Å²) in [6.45, 7) is 9.66. The van der Waals surface area contributed by atoms with Gasteiger partial charge in [0.25, 0.3) is 5.91 Å². The second-order valence-corrected chi connectivity index (χ2v) is 11.0. The first-order chi connectivity index (χ1) is 16.1. The molecule has 0 bridgehead atoms. The zero-order chi connectivity index (χ0) is 24.5. The number of aryl methyl sites for hydroxylation is 1. The number of carboxylic acids is 1. The predicted molar refractivity (Wildman–Crippen MR) is 134 cm³/mol. The van der Waals surface area contributed by atoms with E-state index in [-0.39, 0.29) is 34.7 Å². The Morgan fingerprint density at radius 1 is 1.15 bits per heavy atom. The largest absolute Gasteiger partial charge is 0.483 e. The van der Waals surface area contributed by atoms with Gasteiger partial charge >= 0.3 is 5.97 Å². The maximum Gasteiger partial charge on any atom is 0.339 e. The van der Waals surface area contributed by atoms with Crippen LogP contribution in [0.1, 0.15) is 86.3 Å². The number of aromatic carboxylic acids is 1. The molecule has 2 aromatic carbocycles. The number of rotatable bonds is 7. The number of fused-ring (bicyclic) bond motifs is 3. The Bertz CT molecular complexity index is 1080. The normalized spacial score (nSPS) is 25.9. The first-order valence-electron chi connectivity index (χ1n) is 12.5. The molecule has 3 unspecified atom stereocenters. The standard InChI is InChI=1S/C29H37NO4/c1-19(2)20-10-12-23-21(16-20)11-13-25-28(3,14-7-15-29(23,25)4)18-30-26(31)17-34-24-9-6-5-8-22(24)27(32)33/h5-6,8-10,12,16,19,25H,7,11,13-15,17-18H2,1-4H3,(H,30,31)(H,32,33). The molecule has 5 nitrogen and oxygen atoms in total. The molecule has 5 heteroatoms. The van der Waals surface area contributed by atoms with E-state index < -0.39 is 5.97 Å². The third-order valence-corrected chi connectivity index (χ3v) is 8.33. The van der Waals surface area contributed by atoms with E-state index in [0.29, 0.717) is 18.4 Å². The molecule has 0 aromatic heterocycles. The van der Waals surface area contributed by atoms with Crippen LogP contribution in [0.3, 0.4) is 0 Å². The minimum Gasteiger partial charge on any atom is -0.483 e. The van der Waals surface area contributed by atoms with Crippen LogP contribution in [0.2, 0.25) is 0 Å². The third kappa shape index (κ3) is 4.57. The average Bonchev–Trinajstić information content (AvgIpc) is 2.81. The Balaban J connectivity index is 1.44.